The van der Waals surface area contributed by atoms with Crippen LogP contribution in [-0.4, -0.2) is 103 Å². The van der Waals surface area contributed by atoms with Gasteiger partial charge in [-0.1, -0.05) is 0 Å². The second-order valence-corrected chi connectivity index (χ2v) is 9.62. The quantitative estimate of drug-likeness (QED) is 0.0394. The number of aliphatic imine (C=N–C) groups is 1. The van der Waals surface area contributed by atoms with Crippen LogP contribution in [0, 0.1) is 0 Å². The molecule has 0 saturated carbocycles. The Morgan fingerprint density at radius 1 is 0.902 bits per heavy atom. The highest BCUT2D eigenvalue weighted by Gasteiger charge is 2.28. The summed E-state index contributed by atoms with van der Waals surface area (Å²) < 4.78 is 0. The highest BCUT2D eigenvalue weighted by molar-refractivity contribution is 5.94. The van der Waals surface area contributed by atoms with Crippen LogP contribution in [0.25, 0.3) is 0 Å². The van der Waals surface area contributed by atoms with Crippen LogP contribution >= 0.6 is 0 Å². The van der Waals surface area contributed by atoms with Crippen LogP contribution in [0.3, 0.4) is 0 Å². The molecule has 1 aliphatic rings. The zero-order valence-electron chi connectivity index (χ0n) is 23.4. The highest BCUT2D eigenvalue weighted by atomic mass is 16.4. The molecule has 0 bridgehead atoms. The zero-order chi connectivity index (χ0) is 30.8. The Hall–Kier alpha value is -3.99. The van der Waals surface area contributed by atoms with Crippen molar-refractivity contribution in [1.29, 1.82) is 0 Å². The summed E-state index contributed by atoms with van der Waals surface area (Å²) >= 11 is 0. The molecule has 17 heteroatoms. The van der Waals surface area contributed by atoms with Crippen molar-refractivity contribution in [3.63, 3.8) is 0 Å². The van der Waals surface area contributed by atoms with Crippen LogP contribution < -0.4 is 49.1 Å². The van der Waals surface area contributed by atoms with Crippen molar-refractivity contribution in [3.8, 4) is 0 Å². The van der Waals surface area contributed by atoms with Crippen molar-refractivity contribution in [3.05, 3.63) is 0 Å². The highest BCUT2D eigenvalue weighted by Crippen LogP contribution is 2.07. The molecular weight excluding hydrogens is 540 g/mol. The van der Waals surface area contributed by atoms with Gasteiger partial charge in [0.2, 0.25) is 29.5 Å². The summed E-state index contributed by atoms with van der Waals surface area (Å²) in [6.45, 7) is 1.62. The van der Waals surface area contributed by atoms with E-state index in [2.05, 4.69) is 36.9 Å². The van der Waals surface area contributed by atoms with E-state index in [9.17, 15) is 28.8 Å². The van der Waals surface area contributed by atoms with E-state index in [1.807, 2.05) is 0 Å². The summed E-state index contributed by atoms with van der Waals surface area (Å²) in [5, 5.41) is 24.2. The molecule has 5 amide bonds. The summed E-state index contributed by atoms with van der Waals surface area (Å²) in [6, 6.07) is -3.43. The predicted octanol–water partition coefficient (Wildman–Crippen LogP) is -4.29. The van der Waals surface area contributed by atoms with E-state index in [4.69, 9.17) is 22.3 Å². The van der Waals surface area contributed by atoms with Gasteiger partial charge in [-0.05, 0) is 65.0 Å². The lowest BCUT2D eigenvalue weighted by Gasteiger charge is -2.22. The van der Waals surface area contributed by atoms with Gasteiger partial charge in [-0.25, -0.2) is 0 Å². The molecule has 0 aromatic carbocycles. The van der Waals surface area contributed by atoms with Gasteiger partial charge in [-0.15, -0.1) is 0 Å². The Labute approximate surface area is 238 Å². The van der Waals surface area contributed by atoms with Gasteiger partial charge in [-0.3, -0.25) is 33.8 Å². The number of carbonyl (C=O) groups is 6. The number of carbonyl (C=O) groups excluding carboxylic acids is 5. The summed E-state index contributed by atoms with van der Waals surface area (Å²) in [5.74, 6) is -4.35. The minimum atomic E-state index is -1.26. The number of nitrogens with zero attached hydrogens (tertiary/aromatic N) is 1. The van der Waals surface area contributed by atoms with Crippen molar-refractivity contribution in [2.75, 3.05) is 32.7 Å². The minimum Gasteiger partial charge on any atom is -0.480 e. The predicted molar refractivity (Wildman–Crippen MR) is 149 cm³/mol. The summed E-state index contributed by atoms with van der Waals surface area (Å²) in [7, 11) is 0. The van der Waals surface area contributed by atoms with Gasteiger partial charge >= 0.3 is 5.97 Å². The van der Waals surface area contributed by atoms with E-state index >= 15 is 0 Å². The number of hydrogen-bond donors (Lipinski definition) is 10. The van der Waals surface area contributed by atoms with Crippen molar-refractivity contribution in [2.24, 2.45) is 22.2 Å². The number of carboxylic acids is 1. The van der Waals surface area contributed by atoms with E-state index in [0.29, 0.717) is 38.6 Å². The molecule has 0 spiro atoms. The zero-order valence-corrected chi connectivity index (χ0v) is 23.4. The van der Waals surface area contributed by atoms with Crippen LogP contribution in [0.4, 0.5) is 0 Å². The molecule has 232 valence electrons. The van der Waals surface area contributed by atoms with Crippen molar-refractivity contribution < 1.29 is 33.9 Å². The molecule has 41 heavy (non-hydrogen) atoms. The normalized spacial score (nSPS) is 16.4. The number of aliphatic carboxylic acids is 1. The molecule has 1 rings (SSSR count). The first kappa shape index (κ1) is 35.0. The Bertz CT molecular complexity index is 936. The van der Waals surface area contributed by atoms with Gasteiger partial charge in [-0.2, -0.15) is 0 Å². The third-order valence-electron chi connectivity index (χ3n) is 6.14. The van der Waals surface area contributed by atoms with E-state index < -0.39 is 60.8 Å². The molecule has 4 atom stereocenters. The lowest BCUT2D eigenvalue weighted by atomic mass is 10.1. The number of carboxylic acid groups (broad SMARTS) is 1. The monoisotopic (exact) mass is 584 g/mol. The summed E-state index contributed by atoms with van der Waals surface area (Å²) in [5.41, 5.74) is 16.1. The van der Waals surface area contributed by atoms with E-state index in [1.54, 1.807) is 0 Å². The average Bonchev–Trinajstić information content (AvgIpc) is 3.46. The maximum absolute atomic E-state index is 12.8. The Kier molecular flexibility index (Phi) is 16.4. The van der Waals surface area contributed by atoms with Crippen molar-refractivity contribution in [2.45, 2.75) is 76.0 Å². The number of guanidine groups is 1. The molecule has 13 N–H and O–H groups in total. The fourth-order valence-electron chi connectivity index (χ4n) is 3.95. The first-order valence-corrected chi connectivity index (χ1v) is 13.6. The third-order valence-corrected chi connectivity index (χ3v) is 6.14. The van der Waals surface area contributed by atoms with E-state index in [0.717, 1.165) is 13.0 Å². The second kappa shape index (κ2) is 19.1. The molecule has 0 aromatic rings. The second-order valence-electron chi connectivity index (χ2n) is 9.62. The molecule has 1 fully saturated rings. The lowest BCUT2D eigenvalue weighted by Crippen LogP contribution is -2.55. The first-order chi connectivity index (χ1) is 19.4. The van der Waals surface area contributed by atoms with Crippen LogP contribution in [0.5, 0.6) is 0 Å². The maximum atomic E-state index is 12.8. The molecule has 17 nitrogen and oxygen atoms in total. The largest absolute Gasteiger partial charge is 0.480 e. The molecule has 0 radical (unpaired) electrons. The maximum Gasteiger partial charge on any atom is 0.322 e. The van der Waals surface area contributed by atoms with Crippen LogP contribution in [0.2, 0.25) is 0 Å². The number of nitrogens with two attached hydrogens (primary N) is 3. The van der Waals surface area contributed by atoms with Crippen LogP contribution in [-0.2, 0) is 28.8 Å². The minimum absolute atomic E-state index is 0.0956. The summed E-state index contributed by atoms with van der Waals surface area (Å²) in [6.07, 6.45) is 3.54. The Balaban J connectivity index is 2.65. The van der Waals surface area contributed by atoms with Gasteiger partial charge in [0, 0.05) is 6.54 Å². The topological polar surface area (TPSA) is 285 Å². The third kappa shape index (κ3) is 14.8. The Morgan fingerprint density at radius 2 is 1.54 bits per heavy atom. The fraction of sp³-hybridized carbons (Fsp3) is 0.708. The molecule has 0 unspecified atom stereocenters. The molecule has 1 heterocycles. The molecule has 0 aromatic heterocycles. The van der Waals surface area contributed by atoms with Crippen molar-refractivity contribution in [1.82, 2.24) is 31.9 Å². The first-order valence-electron chi connectivity index (χ1n) is 13.6. The van der Waals surface area contributed by atoms with Crippen LogP contribution in [0.1, 0.15) is 51.9 Å². The molecular formula is C24H44N10O7. The standard InChI is InChI=1S/C24H44N10O7/c1-14(20(38)33-17(8-5-11-29-24(26)27)22(40)31-13-19(36)37)32-18(35)12-30-21(39)16(6-2-3-9-25)34-23(41)15-7-4-10-28-15/h14-17,28H,2-13,25H2,1H3,(H,30,39)(H,31,40)(H,32,35)(H,33,38)(H,34,41)(H,36,37)(H4,26,27,29)/t14-,15-,16-,17-/m0/s1. The Morgan fingerprint density at radius 3 is 2.12 bits per heavy atom. The number of hydrogen-bond acceptors (Lipinski definition) is 9. The molecule has 1 aliphatic heterocycles. The lowest BCUT2D eigenvalue weighted by molar-refractivity contribution is -0.138. The number of unbranched alkanes of at least 4 members (excludes halogenated alkanes) is 1. The number of rotatable bonds is 19. The van der Waals surface area contributed by atoms with Gasteiger partial charge in [0.25, 0.3) is 0 Å². The molecule has 0 aliphatic carbocycles. The van der Waals surface area contributed by atoms with Gasteiger partial charge in [0.15, 0.2) is 5.96 Å². The summed E-state index contributed by atoms with van der Waals surface area (Å²) in [4.78, 5) is 77.4. The van der Waals surface area contributed by atoms with Gasteiger partial charge < -0.3 is 54.2 Å². The average molecular weight is 585 g/mol. The van der Waals surface area contributed by atoms with E-state index in [1.165, 1.54) is 6.92 Å². The fourth-order valence-corrected chi connectivity index (χ4v) is 3.95. The van der Waals surface area contributed by atoms with E-state index in [-0.39, 0.29) is 30.9 Å². The number of amides is 5. The molecule has 1 saturated heterocycles. The van der Waals surface area contributed by atoms with Crippen LogP contribution in [0.15, 0.2) is 4.99 Å². The smallest absolute Gasteiger partial charge is 0.322 e. The van der Waals surface area contributed by atoms with Gasteiger partial charge in [0.1, 0.15) is 24.7 Å². The van der Waals surface area contributed by atoms with Crippen molar-refractivity contribution >= 4 is 41.5 Å². The van der Waals surface area contributed by atoms with Gasteiger partial charge in [0.05, 0.1) is 12.6 Å². The number of nitrogens with one attached hydrogen (secondary N) is 6. The SMILES string of the molecule is C[C@H](NC(=O)CNC(=O)[C@H](CCCCN)NC(=O)[C@@H]1CCCN1)C(=O)N[C@@H](CCCN=C(N)N)C(=O)NCC(=O)O.